The van der Waals surface area contributed by atoms with E-state index >= 15 is 0 Å². The molecule has 1 aliphatic rings. The van der Waals surface area contributed by atoms with Crippen LogP contribution in [0, 0.1) is 13.8 Å². The highest BCUT2D eigenvalue weighted by Gasteiger charge is 2.43. The first kappa shape index (κ1) is 23.7. The zero-order chi connectivity index (χ0) is 24.6. The Morgan fingerprint density at radius 1 is 0.941 bits per heavy atom. The molecule has 1 aliphatic heterocycles. The van der Waals surface area contributed by atoms with Gasteiger partial charge in [-0.05, 0) is 55.2 Å². The Labute approximate surface area is 199 Å². The summed E-state index contributed by atoms with van der Waals surface area (Å²) in [6.45, 7) is 6.45. The van der Waals surface area contributed by atoms with Crippen LogP contribution in [-0.2, 0) is 0 Å². The number of hydrogen-bond donors (Lipinski definition) is 0. The molecule has 0 fully saturated rings. The predicted octanol–water partition coefficient (Wildman–Crippen LogP) is 5.17. The van der Waals surface area contributed by atoms with E-state index in [9.17, 15) is 9.59 Å². The third-order valence-electron chi connectivity index (χ3n) is 6.40. The molecular formula is C27H31NO6. The second-order valence-electron chi connectivity index (χ2n) is 8.70. The zero-order valence-electron chi connectivity index (χ0n) is 20.6. The fourth-order valence-electron chi connectivity index (χ4n) is 4.84. The lowest BCUT2D eigenvalue weighted by Crippen LogP contribution is -2.30. The number of aryl methyl sites for hydroxylation is 2. The predicted molar refractivity (Wildman–Crippen MR) is 130 cm³/mol. The minimum Gasteiger partial charge on any atom is -0.493 e. The molecule has 7 nitrogen and oxygen atoms in total. The van der Waals surface area contributed by atoms with Gasteiger partial charge in [-0.1, -0.05) is 25.8 Å². The van der Waals surface area contributed by atoms with Gasteiger partial charge < -0.3 is 23.5 Å². The number of unbranched alkanes of at least 4 members (excludes halogenated alkanes) is 2. The molecule has 0 N–H and O–H groups in total. The first-order chi connectivity index (χ1) is 16.4. The van der Waals surface area contributed by atoms with E-state index < -0.39 is 6.04 Å². The van der Waals surface area contributed by atoms with Crippen LogP contribution in [0.2, 0.25) is 0 Å². The number of nitrogens with zero attached hydrogens (tertiary/aromatic N) is 1. The summed E-state index contributed by atoms with van der Waals surface area (Å²) in [5, 5.41) is 0.483. The van der Waals surface area contributed by atoms with Crippen molar-refractivity contribution < 1.29 is 23.4 Å². The van der Waals surface area contributed by atoms with Gasteiger partial charge >= 0.3 is 0 Å². The van der Waals surface area contributed by atoms with Crippen LogP contribution < -0.4 is 19.6 Å². The number of benzene rings is 2. The smallest absolute Gasteiger partial charge is 0.290 e. The monoisotopic (exact) mass is 465 g/mol. The minimum atomic E-state index is -0.616. The zero-order valence-corrected chi connectivity index (χ0v) is 20.6. The maximum atomic E-state index is 13.8. The summed E-state index contributed by atoms with van der Waals surface area (Å²) in [6.07, 6.45) is 2.82. The highest BCUT2D eigenvalue weighted by atomic mass is 16.5. The van der Waals surface area contributed by atoms with Crippen LogP contribution >= 0.6 is 0 Å². The molecule has 0 radical (unpaired) electrons. The Kier molecular flexibility index (Phi) is 6.55. The summed E-state index contributed by atoms with van der Waals surface area (Å²) >= 11 is 0. The summed E-state index contributed by atoms with van der Waals surface area (Å²) < 4.78 is 22.7. The molecule has 0 bridgehead atoms. The Hall–Kier alpha value is -3.48. The summed E-state index contributed by atoms with van der Waals surface area (Å²) in [7, 11) is 4.62. The molecule has 1 atom stereocenters. The quantitative estimate of drug-likeness (QED) is 0.427. The van der Waals surface area contributed by atoms with E-state index in [2.05, 4.69) is 6.92 Å². The van der Waals surface area contributed by atoms with Crippen LogP contribution in [0.3, 0.4) is 0 Å². The molecule has 3 aromatic rings. The Balaban J connectivity index is 2.00. The molecule has 1 amide bonds. The standard InChI is InChI=1S/C27H31NO6/c1-7-8-9-10-28-22(17-13-19(31-4)25(33-6)20(14-17)32-5)21-23(29)18-12-15(2)11-16(3)24(18)34-26(21)27(28)30/h11-14,22H,7-10H2,1-6H3. The van der Waals surface area contributed by atoms with Crippen molar-refractivity contribution in [3.05, 3.63) is 62.5 Å². The molecule has 180 valence electrons. The molecule has 0 aliphatic carbocycles. The van der Waals surface area contributed by atoms with E-state index in [0.29, 0.717) is 45.9 Å². The third-order valence-corrected chi connectivity index (χ3v) is 6.40. The molecule has 2 heterocycles. The largest absolute Gasteiger partial charge is 0.493 e. The summed E-state index contributed by atoms with van der Waals surface area (Å²) in [5.74, 6) is 1.21. The number of carbonyl (C=O) groups is 1. The van der Waals surface area contributed by atoms with Crippen molar-refractivity contribution in [3.8, 4) is 17.2 Å². The van der Waals surface area contributed by atoms with Crippen molar-refractivity contribution in [3.63, 3.8) is 0 Å². The van der Waals surface area contributed by atoms with E-state index in [-0.39, 0.29) is 17.1 Å². The maximum absolute atomic E-state index is 13.8. The van der Waals surface area contributed by atoms with E-state index in [1.807, 2.05) is 26.0 Å². The minimum absolute atomic E-state index is 0.111. The van der Waals surface area contributed by atoms with Crippen molar-refractivity contribution in [2.45, 2.75) is 46.1 Å². The molecule has 2 aromatic carbocycles. The SMILES string of the molecule is CCCCCN1C(=O)c2oc3c(C)cc(C)cc3c(=O)c2C1c1cc(OC)c(OC)c(OC)c1. The topological polar surface area (TPSA) is 78.2 Å². The number of ether oxygens (including phenoxy) is 3. The second-order valence-corrected chi connectivity index (χ2v) is 8.70. The van der Waals surface area contributed by atoms with E-state index in [1.54, 1.807) is 31.3 Å². The van der Waals surface area contributed by atoms with Gasteiger partial charge in [0.2, 0.25) is 11.5 Å². The van der Waals surface area contributed by atoms with E-state index in [1.165, 1.54) is 7.11 Å². The van der Waals surface area contributed by atoms with Crippen LogP contribution in [-0.4, -0.2) is 38.7 Å². The van der Waals surface area contributed by atoms with Crippen LogP contribution in [0.4, 0.5) is 0 Å². The number of methoxy groups -OCH3 is 3. The summed E-state index contributed by atoms with van der Waals surface area (Å²) in [4.78, 5) is 29.2. The fraction of sp³-hybridized carbons (Fsp3) is 0.407. The van der Waals surface area contributed by atoms with Crippen LogP contribution in [0.25, 0.3) is 11.0 Å². The molecule has 1 unspecified atom stereocenters. The van der Waals surface area contributed by atoms with Crippen LogP contribution in [0.1, 0.15) is 65.0 Å². The van der Waals surface area contributed by atoms with Crippen molar-refractivity contribution in [2.75, 3.05) is 27.9 Å². The van der Waals surface area contributed by atoms with Crippen LogP contribution in [0.15, 0.2) is 33.5 Å². The Morgan fingerprint density at radius 3 is 2.21 bits per heavy atom. The lowest BCUT2D eigenvalue weighted by Gasteiger charge is -2.26. The summed E-state index contributed by atoms with van der Waals surface area (Å²) in [5.41, 5.74) is 3.12. The second kappa shape index (κ2) is 9.41. The molecule has 4 rings (SSSR count). The lowest BCUT2D eigenvalue weighted by molar-refractivity contribution is 0.0724. The third kappa shape index (κ3) is 3.79. The number of amides is 1. The average Bonchev–Trinajstić information content (AvgIpc) is 3.11. The van der Waals surface area contributed by atoms with Gasteiger partial charge in [0, 0.05) is 6.54 Å². The van der Waals surface area contributed by atoms with Gasteiger partial charge in [-0.15, -0.1) is 0 Å². The van der Waals surface area contributed by atoms with Crippen molar-refractivity contribution in [1.82, 2.24) is 4.90 Å². The molecule has 34 heavy (non-hydrogen) atoms. The Morgan fingerprint density at radius 2 is 1.62 bits per heavy atom. The van der Waals surface area contributed by atoms with E-state index in [4.69, 9.17) is 18.6 Å². The van der Waals surface area contributed by atoms with Crippen LogP contribution in [0.5, 0.6) is 17.2 Å². The molecule has 0 saturated heterocycles. The number of fused-ring (bicyclic) bond motifs is 2. The fourth-order valence-corrected chi connectivity index (χ4v) is 4.84. The molecule has 7 heteroatoms. The Bertz CT molecular complexity index is 1280. The molecule has 0 spiro atoms. The highest BCUT2D eigenvalue weighted by molar-refractivity contribution is 5.99. The number of carbonyl (C=O) groups excluding carboxylic acids is 1. The summed E-state index contributed by atoms with van der Waals surface area (Å²) in [6, 6.07) is 6.76. The maximum Gasteiger partial charge on any atom is 0.290 e. The normalized spacial score (nSPS) is 15.1. The van der Waals surface area contributed by atoms with Crippen molar-refractivity contribution >= 4 is 16.9 Å². The van der Waals surface area contributed by atoms with Gasteiger partial charge in [0.15, 0.2) is 16.9 Å². The first-order valence-electron chi connectivity index (χ1n) is 11.5. The van der Waals surface area contributed by atoms with Gasteiger partial charge in [-0.3, -0.25) is 9.59 Å². The van der Waals surface area contributed by atoms with E-state index in [0.717, 1.165) is 30.4 Å². The van der Waals surface area contributed by atoms with Crippen molar-refractivity contribution in [1.29, 1.82) is 0 Å². The van der Waals surface area contributed by atoms with Gasteiger partial charge in [-0.25, -0.2) is 0 Å². The highest BCUT2D eigenvalue weighted by Crippen LogP contribution is 2.45. The molecule has 0 saturated carbocycles. The molecular weight excluding hydrogens is 434 g/mol. The van der Waals surface area contributed by atoms with Gasteiger partial charge in [0.05, 0.1) is 38.3 Å². The number of rotatable bonds is 8. The van der Waals surface area contributed by atoms with Gasteiger partial charge in [0.25, 0.3) is 5.91 Å². The average molecular weight is 466 g/mol. The molecule has 1 aromatic heterocycles. The van der Waals surface area contributed by atoms with Gasteiger partial charge in [-0.2, -0.15) is 0 Å². The van der Waals surface area contributed by atoms with Gasteiger partial charge in [0.1, 0.15) is 5.58 Å². The van der Waals surface area contributed by atoms with Crippen molar-refractivity contribution in [2.24, 2.45) is 0 Å². The lowest BCUT2D eigenvalue weighted by atomic mass is 9.96. The number of hydrogen-bond acceptors (Lipinski definition) is 6. The first-order valence-corrected chi connectivity index (χ1v) is 11.5.